The molecule has 7 heteroatoms. The van der Waals surface area contributed by atoms with E-state index in [1.54, 1.807) is 0 Å². The maximum atomic E-state index is 12.9. The predicted octanol–water partition coefficient (Wildman–Crippen LogP) is 2.96. The molecular weight excluding hydrogens is 258 g/mol. The highest BCUT2D eigenvalue weighted by Gasteiger charge is 2.20. The van der Waals surface area contributed by atoms with Crippen LogP contribution in [0.3, 0.4) is 0 Å². The number of rotatable bonds is 6. The van der Waals surface area contributed by atoms with Crippen molar-refractivity contribution in [3.63, 3.8) is 0 Å². The first-order valence-corrected chi connectivity index (χ1v) is 5.80. The molecule has 0 aromatic heterocycles. The van der Waals surface area contributed by atoms with Gasteiger partial charge in [-0.1, -0.05) is 13.8 Å². The number of nitro groups is 1. The first-order chi connectivity index (χ1) is 8.86. The molecule has 1 unspecified atom stereocenters. The van der Waals surface area contributed by atoms with Gasteiger partial charge in [0.25, 0.3) is 12.1 Å². The molecule has 19 heavy (non-hydrogen) atoms. The average Bonchev–Trinajstić information content (AvgIpc) is 2.35. The number of hydrogen-bond donors (Lipinski definition) is 2. The lowest BCUT2D eigenvalue weighted by molar-refractivity contribution is -0.385. The van der Waals surface area contributed by atoms with Gasteiger partial charge in [0.15, 0.2) is 0 Å². The maximum absolute atomic E-state index is 12.9. The van der Waals surface area contributed by atoms with E-state index in [0.29, 0.717) is 0 Å². The van der Waals surface area contributed by atoms with Crippen LogP contribution in [0, 0.1) is 16.0 Å². The van der Waals surface area contributed by atoms with Gasteiger partial charge in [-0.2, -0.15) is 0 Å². The van der Waals surface area contributed by atoms with Gasteiger partial charge in [0, 0.05) is 23.4 Å². The standard InChI is InChI=1S/C12H16F2N2O3/c1-7(2)11(6-17)15-10-4-3-8(16(18)19)5-9(10)12(13)14/h3-5,7,11-12,15,17H,6H2,1-2H3. The van der Waals surface area contributed by atoms with E-state index in [1.807, 2.05) is 13.8 Å². The van der Waals surface area contributed by atoms with Crippen molar-refractivity contribution in [1.82, 2.24) is 0 Å². The van der Waals surface area contributed by atoms with Crippen LogP contribution in [-0.4, -0.2) is 22.7 Å². The number of anilines is 1. The molecule has 0 saturated carbocycles. The van der Waals surface area contributed by atoms with E-state index in [1.165, 1.54) is 6.07 Å². The minimum Gasteiger partial charge on any atom is -0.394 e. The van der Waals surface area contributed by atoms with Gasteiger partial charge >= 0.3 is 0 Å². The van der Waals surface area contributed by atoms with E-state index in [2.05, 4.69) is 5.32 Å². The molecule has 0 amide bonds. The fourth-order valence-electron chi connectivity index (χ4n) is 1.60. The number of benzene rings is 1. The SMILES string of the molecule is CC(C)C(CO)Nc1ccc([N+](=O)[O-])cc1C(F)F. The molecule has 0 radical (unpaired) electrons. The van der Waals surface area contributed by atoms with Crippen LogP contribution in [0.5, 0.6) is 0 Å². The Morgan fingerprint density at radius 2 is 2.05 bits per heavy atom. The summed E-state index contributed by atoms with van der Waals surface area (Å²) in [6.45, 7) is 3.46. The van der Waals surface area contributed by atoms with Gasteiger partial charge in [-0.05, 0) is 12.0 Å². The number of halogens is 2. The number of aliphatic hydroxyl groups is 1. The zero-order valence-corrected chi connectivity index (χ0v) is 10.6. The monoisotopic (exact) mass is 274 g/mol. The highest BCUT2D eigenvalue weighted by atomic mass is 19.3. The molecule has 0 spiro atoms. The van der Waals surface area contributed by atoms with E-state index in [9.17, 15) is 24.0 Å². The van der Waals surface area contributed by atoms with E-state index >= 15 is 0 Å². The Morgan fingerprint density at radius 1 is 1.42 bits per heavy atom. The number of nitro benzene ring substituents is 1. The van der Waals surface area contributed by atoms with E-state index in [4.69, 9.17) is 0 Å². The maximum Gasteiger partial charge on any atom is 0.270 e. The molecule has 1 atom stereocenters. The van der Waals surface area contributed by atoms with Crippen LogP contribution in [0.25, 0.3) is 0 Å². The smallest absolute Gasteiger partial charge is 0.270 e. The first-order valence-electron chi connectivity index (χ1n) is 5.80. The fraction of sp³-hybridized carbons (Fsp3) is 0.500. The molecule has 0 fully saturated rings. The molecular formula is C12H16F2N2O3. The lowest BCUT2D eigenvalue weighted by atomic mass is 10.0. The summed E-state index contributed by atoms with van der Waals surface area (Å²) in [5.74, 6) is 0.0331. The minimum absolute atomic E-state index is 0.0331. The number of hydrogen-bond acceptors (Lipinski definition) is 4. The van der Waals surface area contributed by atoms with E-state index < -0.39 is 16.9 Å². The van der Waals surface area contributed by atoms with Crippen molar-refractivity contribution < 1.29 is 18.8 Å². The molecule has 0 aliphatic rings. The van der Waals surface area contributed by atoms with Crippen molar-refractivity contribution in [3.05, 3.63) is 33.9 Å². The van der Waals surface area contributed by atoms with Crippen LogP contribution in [0.2, 0.25) is 0 Å². The van der Waals surface area contributed by atoms with Crippen LogP contribution in [0.4, 0.5) is 20.2 Å². The van der Waals surface area contributed by atoms with Crippen molar-refractivity contribution in [1.29, 1.82) is 0 Å². The Labute approximate surface area is 109 Å². The van der Waals surface area contributed by atoms with Crippen molar-refractivity contribution in [2.24, 2.45) is 5.92 Å². The molecule has 0 aliphatic carbocycles. The summed E-state index contributed by atoms with van der Waals surface area (Å²) in [7, 11) is 0. The third-order valence-corrected chi connectivity index (χ3v) is 2.82. The normalized spacial score (nSPS) is 12.8. The second-order valence-corrected chi connectivity index (χ2v) is 4.51. The van der Waals surface area contributed by atoms with E-state index in [0.717, 1.165) is 12.1 Å². The highest BCUT2D eigenvalue weighted by Crippen LogP contribution is 2.31. The number of nitrogens with zero attached hydrogens (tertiary/aromatic N) is 1. The Balaban J connectivity index is 3.09. The molecule has 1 rings (SSSR count). The molecule has 0 bridgehead atoms. The number of aliphatic hydroxyl groups excluding tert-OH is 1. The van der Waals surface area contributed by atoms with Crippen LogP contribution < -0.4 is 5.32 Å². The quantitative estimate of drug-likeness (QED) is 0.617. The Kier molecular flexibility index (Phi) is 5.17. The largest absolute Gasteiger partial charge is 0.394 e. The van der Waals surface area contributed by atoms with Crippen LogP contribution in [0.15, 0.2) is 18.2 Å². The third-order valence-electron chi connectivity index (χ3n) is 2.82. The second kappa shape index (κ2) is 6.42. The molecule has 0 saturated heterocycles. The summed E-state index contributed by atoms with van der Waals surface area (Å²) in [5, 5.41) is 22.5. The zero-order chi connectivity index (χ0) is 14.6. The molecule has 1 aromatic rings. The molecule has 1 aromatic carbocycles. The summed E-state index contributed by atoms with van der Waals surface area (Å²) < 4.78 is 25.8. The third kappa shape index (κ3) is 3.85. The number of non-ortho nitro benzene ring substituents is 1. The molecule has 5 nitrogen and oxygen atoms in total. The molecule has 2 N–H and O–H groups in total. The Bertz CT molecular complexity index is 453. The molecule has 0 heterocycles. The van der Waals surface area contributed by atoms with Crippen LogP contribution in [-0.2, 0) is 0 Å². The summed E-state index contributed by atoms with van der Waals surface area (Å²) in [4.78, 5) is 9.85. The predicted molar refractivity (Wildman–Crippen MR) is 67.4 cm³/mol. The fourth-order valence-corrected chi connectivity index (χ4v) is 1.60. The minimum atomic E-state index is -2.83. The lowest BCUT2D eigenvalue weighted by Gasteiger charge is -2.22. The second-order valence-electron chi connectivity index (χ2n) is 4.51. The van der Waals surface area contributed by atoms with Gasteiger partial charge in [-0.3, -0.25) is 10.1 Å². The van der Waals surface area contributed by atoms with Crippen molar-refractivity contribution >= 4 is 11.4 Å². The van der Waals surface area contributed by atoms with Crippen molar-refractivity contribution in [2.45, 2.75) is 26.3 Å². The van der Waals surface area contributed by atoms with Crippen molar-refractivity contribution in [3.8, 4) is 0 Å². The Hall–Kier alpha value is -1.76. The highest BCUT2D eigenvalue weighted by molar-refractivity contribution is 5.57. The lowest BCUT2D eigenvalue weighted by Crippen LogP contribution is -2.29. The van der Waals surface area contributed by atoms with Gasteiger partial charge in [-0.25, -0.2) is 8.78 Å². The average molecular weight is 274 g/mol. The molecule has 0 aliphatic heterocycles. The van der Waals surface area contributed by atoms with Crippen molar-refractivity contribution in [2.75, 3.05) is 11.9 Å². The van der Waals surface area contributed by atoms with Gasteiger partial charge in [-0.15, -0.1) is 0 Å². The zero-order valence-electron chi connectivity index (χ0n) is 10.6. The summed E-state index contributed by atoms with van der Waals surface area (Å²) in [5.41, 5.74) is -0.715. The topological polar surface area (TPSA) is 75.4 Å². The number of alkyl halides is 2. The van der Waals surface area contributed by atoms with E-state index in [-0.39, 0.29) is 29.9 Å². The number of nitrogens with one attached hydrogen (secondary N) is 1. The van der Waals surface area contributed by atoms with Gasteiger partial charge in [0.05, 0.1) is 17.6 Å². The van der Waals surface area contributed by atoms with Crippen LogP contribution in [0.1, 0.15) is 25.8 Å². The summed E-state index contributed by atoms with van der Waals surface area (Å²) in [6.07, 6.45) is -2.83. The van der Waals surface area contributed by atoms with Gasteiger partial charge in [0.1, 0.15) is 0 Å². The summed E-state index contributed by atoms with van der Waals surface area (Å²) >= 11 is 0. The van der Waals surface area contributed by atoms with Gasteiger partial charge < -0.3 is 10.4 Å². The van der Waals surface area contributed by atoms with Crippen LogP contribution >= 0.6 is 0 Å². The molecule has 106 valence electrons. The first kappa shape index (κ1) is 15.3. The summed E-state index contributed by atoms with van der Waals surface area (Å²) in [6, 6.07) is 2.86. The van der Waals surface area contributed by atoms with Gasteiger partial charge in [0.2, 0.25) is 0 Å². The Morgan fingerprint density at radius 3 is 2.47 bits per heavy atom.